The van der Waals surface area contributed by atoms with Crippen LogP contribution in [0.5, 0.6) is 0 Å². The summed E-state index contributed by atoms with van der Waals surface area (Å²) in [6.45, 7) is 2.54. The molecule has 1 aliphatic rings. The fourth-order valence-electron chi connectivity index (χ4n) is 4.52. The lowest BCUT2D eigenvalue weighted by Crippen LogP contribution is -2.20. The Morgan fingerprint density at radius 2 is 2.00 bits per heavy atom. The summed E-state index contributed by atoms with van der Waals surface area (Å²) in [4.78, 5) is 19.7. The fraction of sp³-hybridized carbons (Fsp3) is 0.240. The van der Waals surface area contributed by atoms with Crippen LogP contribution in [0.1, 0.15) is 23.4 Å². The second kappa shape index (κ2) is 8.35. The van der Waals surface area contributed by atoms with Crippen LogP contribution in [0.15, 0.2) is 55.1 Å². The Morgan fingerprint density at radius 3 is 2.94 bits per heavy atom. The summed E-state index contributed by atoms with van der Waals surface area (Å²) in [5, 5.41) is 8.69. The van der Waals surface area contributed by atoms with Crippen LogP contribution in [0.4, 0.5) is 5.69 Å². The van der Waals surface area contributed by atoms with Crippen molar-refractivity contribution in [1.82, 2.24) is 39.8 Å². The van der Waals surface area contributed by atoms with E-state index in [0.717, 1.165) is 76.7 Å². The number of imidazole rings is 1. The van der Waals surface area contributed by atoms with Gasteiger partial charge in [0.25, 0.3) is 0 Å². The molecule has 0 saturated heterocycles. The molecule has 5 heterocycles. The number of benzene rings is 1. The molecule has 0 atom stereocenters. The highest BCUT2D eigenvalue weighted by Crippen LogP contribution is 2.28. The summed E-state index contributed by atoms with van der Waals surface area (Å²) < 4.78 is 1.87. The second-order valence-electron chi connectivity index (χ2n) is 8.87. The minimum atomic E-state index is 0.580. The van der Waals surface area contributed by atoms with E-state index in [0.29, 0.717) is 6.42 Å². The molecule has 4 aromatic heterocycles. The molecule has 6 rings (SSSR count). The van der Waals surface area contributed by atoms with Gasteiger partial charge in [-0.2, -0.15) is 0 Å². The number of fused-ring (bicyclic) bond motifs is 9. The van der Waals surface area contributed by atoms with E-state index in [1.165, 1.54) is 5.56 Å². The normalized spacial score (nSPS) is 14.6. The van der Waals surface area contributed by atoms with Crippen LogP contribution in [0.3, 0.4) is 0 Å². The predicted molar refractivity (Wildman–Crippen MR) is 131 cm³/mol. The third kappa shape index (κ3) is 3.90. The molecule has 9 nitrogen and oxygen atoms in total. The standard InChI is InChI=1S/C25H25N9/c1-33-7-2-8-34-15-22(31-32-34)24-25-21(5-6-28-24)29-23(30-25)11-18-10-17(3-4-20(18)26)19-9-16(14-33)12-27-13-19/h3-6,9-10,12-13,15H,2,7-8,11,14,26H2,1H3,(H,29,30). The van der Waals surface area contributed by atoms with E-state index >= 15 is 0 Å². The maximum Gasteiger partial charge on any atom is 0.133 e. The molecule has 1 aromatic carbocycles. The van der Waals surface area contributed by atoms with Gasteiger partial charge in [0.15, 0.2) is 0 Å². The molecule has 8 bridgehead atoms. The number of nitrogen functional groups attached to an aromatic ring is 1. The Balaban J connectivity index is 1.47. The minimum Gasteiger partial charge on any atom is -0.398 e. The van der Waals surface area contributed by atoms with Crippen LogP contribution in [-0.2, 0) is 19.5 Å². The number of aromatic nitrogens is 7. The first-order valence-corrected chi connectivity index (χ1v) is 11.4. The molecule has 0 aliphatic carbocycles. The van der Waals surface area contributed by atoms with Gasteiger partial charge in [-0.3, -0.25) is 14.6 Å². The molecule has 0 amide bonds. The topological polar surface area (TPSA) is 114 Å². The highest BCUT2D eigenvalue weighted by molar-refractivity contribution is 5.88. The molecule has 1 aliphatic heterocycles. The van der Waals surface area contributed by atoms with Crippen molar-refractivity contribution in [1.29, 1.82) is 0 Å². The number of aromatic amines is 1. The molecule has 3 N–H and O–H groups in total. The highest BCUT2D eigenvalue weighted by atomic mass is 15.4. The summed E-state index contributed by atoms with van der Waals surface area (Å²) >= 11 is 0. The van der Waals surface area contributed by atoms with E-state index in [1.807, 2.05) is 35.4 Å². The van der Waals surface area contributed by atoms with Crippen molar-refractivity contribution in [3.05, 3.63) is 72.1 Å². The molecule has 0 radical (unpaired) electrons. The lowest BCUT2D eigenvalue weighted by atomic mass is 10.0. The Morgan fingerprint density at radius 1 is 1.06 bits per heavy atom. The number of nitrogens with one attached hydrogen (secondary N) is 1. The number of anilines is 1. The van der Waals surface area contributed by atoms with Gasteiger partial charge in [-0.15, -0.1) is 5.10 Å². The van der Waals surface area contributed by atoms with Crippen molar-refractivity contribution in [2.24, 2.45) is 0 Å². The first-order valence-electron chi connectivity index (χ1n) is 11.4. The average molecular weight is 452 g/mol. The minimum absolute atomic E-state index is 0.580. The van der Waals surface area contributed by atoms with Crippen LogP contribution in [0.25, 0.3) is 33.5 Å². The van der Waals surface area contributed by atoms with E-state index in [2.05, 4.69) is 55.4 Å². The molecule has 0 unspecified atom stereocenters. The van der Waals surface area contributed by atoms with Gasteiger partial charge in [-0.1, -0.05) is 11.3 Å². The van der Waals surface area contributed by atoms with Crippen molar-refractivity contribution in [3.8, 4) is 22.5 Å². The largest absolute Gasteiger partial charge is 0.398 e. The lowest BCUT2D eigenvalue weighted by Gasteiger charge is -2.17. The van der Waals surface area contributed by atoms with Gasteiger partial charge in [-0.25, -0.2) is 4.98 Å². The van der Waals surface area contributed by atoms with E-state index < -0.39 is 0 Å². The van der Waals surface area contributed by atoms with Crippen molar-refractivity contribution in [2.75, 3.05) is 19.3 Å². The lowest BCUT2D eigenvalue weighted by molar-refractivity contribution is 0.310. The van der Waals surface area contributed by atoms with E-state index in [4.69, 9.17) is 10.7 Å². The monoisotopic (exact) mass is 451 g/mol. The molecular formula is C25H25N9. The van der Waals surface area contributed by atoms with Gasteiger partial charge >= 0.3 is 0 Å². The summed E-state index contributed by atoms with van der Waals surface area (Å²) in [5.41, 5.74) is 14.6. The third-order valence-corrected chi connectivity index (χ3v) is 6.24. The Hall–Kier alpha value is -4.11. The van der Waals surface area contributed by atoms with Crippen molar-refractivity contribution in [3.63, 3.8) is 0 Å². The van der Waals surface area contributed by atoms with E-state index in [9.17, 15) is 0 Å². The van der Waals surface area contributed by atoms with Crippen LogP contribution < -0.4 is 5.73 Å². The second-order valence-corrected chi connectivity index (χ2v) is 8.87. The number of hydrogen-bond acceptors (Lipinski definition) is 7. The number of nitrogens with zero attached hydrogens (tertiary/aromatic N) is 7. The van der Waals surface area contributed by atoms with Gasteiger partial charge < -0.3 is 15.6 Å². The highest BCUT2D eigenvalue weighted by Gasteiger charge is 2.15. The molecule has 34 heavy (non-hydrogen) atoms. The molecule has 0 spiro atoms. The van der Waals surface area contributed by atoms with E-state index in [1.54, 1.807) is 6.20 Å². The Kier molecular flexibility index (Phi) is 5.03. The van der Waals surface area contributed by atoms with Crippen LogP contribution in [0.2, 0.25) is 0 Å². The quantitative estimate of drug-likeness (QED) is 0.347. The summed E-state index contributed by atoms with van der Waals surface area (Å²) in [6, 6.07) is 10.3. The maximum atomic E-state index is 6.36. The van der Waals surface area contributed by atoms with Gasteiger partial charge in [0.05, 0.1) is 11.7 Å². The first kappa shape index (κ1) is 20.5. The zero-order chi connectivity index (χ0) is 23.1. The van der Waals surface area contributed by atoms with Gasteiger partial charge in [0, 0.05) is 49.4 Å². The van der Waals surface area contributed by atoms with Crippen LogP contribution >= 0.6 is 0 Å². The molecule has 0 fully saturated rings. The number of pyridine rings is 2. The SMILES string of the molecule is CN1CCCn2cc(nn2)-c2nccc3[nH]c(nc23)Cc2cc(ccc2N)-c2cncc(c2)C1. The number of H-pyrrole nitrogens is 1. The fourth-order valence-corrected chi connectivity index (χ4v) is 4.52. The molecule has 5 aromatic rings. The van der Waals surface area contributed by atoms with Crippen LogP contribution in [0, 0.1) is 0 Å². The Bertz CT molecular complexity index is 1480. The Labute approximate surface area is 196 Å². The molecule has 170 valence electrons. The maximum absolute atomic E-state index is 6.36. The number of aryl methyl sites for hydroxylation is 1. The predicted octanol–water partition coefficient (Wildman–Crippen LogP) is 3.29. The van der Waals surface area contributed by atoms with Gasteiger partial charge in [0.2, 0.25) is 0 Å². The van der Waals surface area contributed by atoms with Gasteiger partial charge in [0.1, 0.15) is 22.7 Å². The smallest absolute Gasteiger partial charge is 0.133 e. The summed E-state index contributed by atoms with van der Waals surface area (Å²) in [7, 11) is 2.13. The summed E-state index contributed by atoms with van der Waals surface area (Å²) in [6.07, 6.45) is 9.09. The average Bonchev–Trinajstić information content (AvgIpc) is 3.46. The van der Waals surface area contributed by atoms with Crippen molar-refractivity contribution >= 4 is 16.7 Å². The van der Waals surface area contributed by atoms with Crippen molar-refractivity contribution < 1.29 is 0 Å². The molecule has 9 heteroatoms. The molecular weight excluding hydrogens is 426 g/mol. The number of nitrogens with two attached hydrogens (primary N) is 1. The van der Waals surface area contributed by atoms with Crippen molar-refractivity contribution in [2.45, 2.75) is 25.9 Å². The zero-order valence-corrected chi connectivity index (χ0v) is 18.9. The van der Waals surface area contributed by atoms with E-state index in [-0.39, 0.29) is 0 Å². The zero-order valence-electron chi connectivity index (χ0n) is 18.9. The number of rotatable bonds is 0. The number of hydrogen-bond donors (Lipinski definition) is 2. The third-order valence-electron chi connectivity index (χ3n) is 6.24. The van der Waals surface area contributed by atoms with Gasteiger partial charge in [-0.05, 0) is 61.0 Å². The first-order chi connectivity index (χ1) is 16.6. The molecule has 0 saturated carbocycles. The summed E-state index contributed by atoms with van der Waals surface area (Å²) in [5.74, 6) is 0.826. The van der Waals surface area contributed by atoms with Crippen LogP contribution in [-0.4, -0.2) is 53.4 Å².